The smallest absolute Gasteiger partial charge is 0.335 e. The first-order chi connectivity index (χ1) is 16.0. The molecule has 10 nitrogen and oxygen atoms in total. The zero-order valence-corrected chi connectivity index (χ0v) is 21.0. The van der Waals surface area contributed by atoms with E-state index in [1.807, 2.05) is 30.3 Å². The van der Waals surface area contributed by atoms with Crippen LogP contribution in [-0.4, -0.2) is 51.1 Å². The van der Waals surface area contributed by atoms with E-state index in [4.69, 9.17) is 9.16 Å². The number of imidazole rings is 1. The number of benzene rings is 1. The molecule has 3 atom stereocenters. The number of hydrogen-bond acceptors (Lipinski definition) is 7. The van der Waals surface area contributed by atoms with Gasteiger partial charge in [0.1, 0.15) is 6.23 Å². The molecule has 0 bridgehead atoms. The number of aromatic amines is 1. The quantitative estimate of drug-likeness (QED) is 0.433. The lowest BCUT2D eigenvalue weighted by atomic mass is 10.2. The van der Waals surface area contributed by atoms with Crippen molar-refractivity contribution in [1.29, 1.82) is 0 Å². The molecule has 1 aromatic carbocycles. The second kappa shape index (κ2) is 8.97. The fourth-order valence-electron chi connectivity index (χ4n) is 3.70. The predicted octanol–water partition coefficient (Wildman–Crippen LogP) is 3.49. The molecule has 182 valence electrons. The summed E-state index contributed by atoms with van der Waals surface area (Å²) in [5.41, 5.74) is 1.13. The van der Waals surface area contributed by atoms with Gasteiger partial charge in [0, 0.05) is 13.0 Å². The molecule has 0 aliphatic carbocycles. The third-order valence-electron chi connectivity index (χ3n) is 6.62. The Labute approximate surface area is 198 Å². The number of anilines is 1. The van der Waals surface area contributed by atoms with Crippen LogP contribution in [0.4, 0.5) is 5.95 Å². The van der Waals surface area contributed by atoms with Crippen LogP contribution in [0, 0.1) is 0 Å². The fourth-order valence-corrected chi connectivity index (χ4v) is 5.03. The van der Waals surface area contributed by atoms with Gasteiger partial charge in [-0.05, 0) is 23.7 Å². The van der Waals surface area contributed by atoms with Crippen LogP contribution >= 0.6 is 0 Å². The molecular weight excluding hydrogens is 454 g/mol. The second-order valence-electron chi connectivity index (χ2n) is 10.1. The average molecular weight is 486 g/mol. The number of ether oxygens (including phenoxy) is 1. The molecule has 3 aromatic rings. The molecule has 34 heavy (non-hydrogen) atoms. The van der Waals surface area contributed by atoms with Crippen molar-refractivity contribution in [3.8, 4) is 0 Å². The molecule has 0 saturated carbocycles. The predicted molar refractivity (Wildman–Crippen MR) is 130 cm³/mol. The third kappa shape index (κ3) is 4.77. The van der Waals surface area contributed by atoms with Crippen LogP contribution in [0.5, 0.6) is 0 Å². The summed E-state index contributed by atoms with van der Waals surface area (Å²) in [6.45, 7) is 11.0. The van der Waals surface area contributed by atoms with E-state index in [2.05, 4.69) is 54.1 Å². The minimum Gasteiger partial charge on any atom is -0.479 e. The molecule has 3 heterocycles. The standard InChI is InChI=1S/C23H31N5O5Si/c1-23(2,3)34(4,5)33-15-11-16(32-18(15)21(30)31)28-13-25-17-19(28)26-22(27-20(17)29)24-12-14-9-7-6-8-10-14/h6-10,13,15-16,18H,11-12H2,1-5H3,(H,30,31)(H2,24,26,27,29)/t15-,16+,18-/m0/s1. The Balaban J connectivity index is 1.60. The van der Waals surface area contributed by atoms with Gasteiger partial charge in [-0.1, -0.05) is 51.1 Å². The lowest BCUT2D eigenvalue weighted by molar-refractivity contribution is -0.154. The first-order valence-electron chi connectivity index (χ1n) is 11.3. The number of hydrogen-bond donors (Lipinski definition) is 3. The maximum Gasteiger partial charge on any atom is 0.335 e. The topological polar surface area (TPSA) is 131 Å². The van der Waals surface area contributed by atoms with Crippen molar-refractivity contribution in [3.63, 3.8) is 0 Å². The Morgan fingerprint density at radius 3 is 2.68 bits per heavy atom. The molecule has 0 amide bonds. The maximum atomic E-state index is 12.6. The summed E-state index contributed by atoms with van der Waals surface area (Å²) in [4.78, 5) is 36.0. The minimum absolute atomic E-state index is 0.0793. The molecule has 1 fully saturated rings. The zero-order chi connectivity index (χ0) is 24.7. The molecule has 1 aliphatic rings. The molecule has 4 rings (SSSR count). The number of carboxylic acid groups (broad SMARTS) is 1. The van der Waals surface area contributed by atoms with Crippen molar-refractivity contribution in [3.05, 3.63) is 52.6 Å². The van der Waals surface area contributed by atoms with E-state index in [1.165, 1.54) is 6.33 Å². The molecule has 0 unspecified atom stereocenters. The first kappa shape index (κ1) is 24.1. The monoisotopic (exact) mass is 485 g/mol. The van der Waals surface area contributed by atoms with Gasteiger partial charge >= 0.3 is 5.97 Å². The number of aliphatic carboxylic acids is 1. The Bertz CT molecular complexity index is 1230. The van der Waals surface area contributed by atoms with Gasteiger partial charge in [-0.3, -0.25) is 14.3 Å². The second-order valence-corrected chi connectivity index (χ2v) is 14.8. The summed E-state index contributed by atoms with van der Waals surface area (Å²) in [5.74, 6) is -0.781. The number of nitrogens with one attached hydrogen (secondary N) is 2. The van der Waals surface area contributed by atoms with Gasteiger partial charge in [-0.15, -0.1) is 0 Å². The van der Waals surface area contributed by atoms with Gasteiger partial charge < -0.3 is 19.6 Å². The van der Waals surface area contributed by atoms with Gasteiger partial charge in [0.05, 0.1) is 12.4 Å². The summed E-state index contributed by atoms with van der Waals surface area (Å²) >= 11 is 0. The van der Waals surface area contributed by atoms with Crippen molar-refractivity contribution in [2.24, 2.45) is 0 Å². The Hall–Kier alpha value is -3.02. The number of aromatic nitrogens is 4. The summed E-state index contributed by atoms with van der Waals surface area (Å²) in [6, 6.07) is 9.74. The molecular formula is C23H31N5O5Si. The van der Waals surface area contributed by atoms with E-state index in [9.17, 15) is 14.7 Å². The highest BCUT2D eigenvalue weighted by Gasteiger charge is 2.47. The number of rotatable bonds is 7. The van der Waals surface area contributed by atoms with E-state index in [0.717, 1.165) is 5.56 Å². The molecule has 0 radical (unpaired) electrons. The van der Waals surface area contributed by atoms with E-state index in [-0.39, 0.29) is 16.1 Å². The summed E-state index contributed by atoms with van der Waals surface area (Å²) in [6.07, 6.45) is -0.618. The van der Waals surface area contributed by atoms with Crippen molar-refractivity contribution in [2.45, 2.75) is 70.3 Å². The summed E-state index contributed by atoms with van der Waals surface area (Å²) in [5, 5.41) is 12.8. The molecule has 1 saturated heterocycles. The van der Waals surface area contributed by atoms with Gasteiger partial charge in [-0.25, -0.2) is 9.78 Å². The van der Waals surface area contributed by atoms with E-state index in [1.54, 1.807) is 4.57 Å². The number of nitrogens with zero attached hydrogens (tertiary/aromatic N) is 3. The molecule has 0 spiro atoms. The van der Waals surface area contributed by atoms with Crippen LogP contribution in [0.2, 0.25) is 18.1 Å². The van der Waals surface area contributed by atoms with E-state index in [0.29, 0.717) is 24.6 Å². The van der Waals surface area contributed by atoms with Gasteiger partial charge in [0.2, 0.25) is 5.95 Å². The Kier molecular flexibility index (Phi) is 6.36. The average Bonchev–Trinajstić information content (AvgIpc) is 3.36. The number of fused-ring (bicyclic) bond motifs is 1. The molecule has 11 heteroatoms. The lowest BCUT2D eigenvalue weighted by Gasteiger charge is -2.38. The van der Waals surface area contributed by atoms with Gasteiger partial charge in [0.15, 0.2) is 25.6 Å². The third-order valence-corrected chi connectivity index (χ3v) is 11.1. The zero-order valence-electron chi connectivity index (χ0n) is 20.0. The first-order valence-corrected chi connectivity index (χ1v) is 14.2. The van der Waals surface area contributed by atoms with Crippen LogP contribution in [0.25, 0.3) is 11.2 Å². The molecule has 1 aliphatic heterocycles. The largest absolute Gasteiger partial charge is 0.479 e. The Morgan fingerprint density at radius 2 is 2.03 bits per heavy atom. The van der Waals surface area contributed by atoms with Crippen LogP contribution in [0.1, 0.15) is 39.0 Å². The highest BCUT2D eigenvalue weighted by molar-refractivity contribution is 6.74. The minimum atomic E-state index is -2.24. The SMILES string of the molecule is CC(C)(C)[Si](C)(C)O[C@H]1C[C@H](n2cnc3c(=O)[nH]c(NCc4ccccc4)nc32)O[C@@H]1C(=O)O. The van der Waals surface area contributed by atoms with Crippen molar-refractivity contribution in [2.75, 3.05) is 5.32 Å². The number of H-pyrrole nitrogens is 1. The van der Waals surface area contributed by atoms with Crippen LogP contribution in [0.15, 0.2) is 41.5 Å². The maximum absolute atomic E-state index is 12.6. The molecule has 3 N–H and O–H groups in total. The summed E-state index contributed by atoms with van der Waals surface area (Å²) < 4.78 is 13.9. The summed E-state index contributed by atoms with van der Waals surface area (Å²) in [7, 11) is -2.24. The van der Waals surface area contributed by atoms with Gasteiger partial charge in [-0.2, -0.15) is 4.98 Å². The van der Waals surface area contributed by atoms with Crippen molar-refractivity contribution >= 4 is 31.4 Å². The number of carboxylic acids is 1. The van der Waals surface area contributed by atoms with Crippen LogP contribution in [-0.2, 0) is 20.5 Å². The van der Waals surface area contributed by atoms with Crippen LogP contribution < -0.4 is 10.9 Å². The van der Waals surface area contributed by atoms with Crippen molar-refractivity contribution in [1.82, 2.24) is 19.5 Å². The number of carbonyl (C=O) groups is 1. The lowest BCUT2D eigenvalue weighted by Crippen LogP contribution is -2.47. The fraction of sp³-hybridized carbons (Fsp3) is 0.478. The highest BCUT2D eigenvalue weighted by Crippen LogP contribution is 2.41. The van der Waals surface area contributed by atoms with Crippen molar-refractivity contribution < 1.29 is 19.1 Å². The van der Waals surface area contributed by atoms with Crippen LogP contribution in [0.3, 0.4) is 0 Å². The normalized spacial score (nSPS) is 21.1. The van der Waals surface area contributed by atoms with E-state index >= 15 is 0 Å². The highest BCUT2D eigenvalue weighted by atomic mass is 28.4. The molecule has 2 aromatic heterocycles. The van der Waals surface area contributed by atoms with E-state index < -0.39 is 32.7 Å². The van der Waals surface area contributed by atoms with Gasteiger partial charge in [0.25, 0.3) is 5.56 Å². The Morgan fingerprint density at radius 1 is 1.32 bits per heavy atom.